The maximum absolute atomic E-state index is 11.4. The number of allylic oxidation sites excluding steroid dienone is 1. The van der Waals surface area contributed by atoms with Gasteiger partial charge in [0.25, 0.3) is 0 Å². The largest absolute Gasteiger partial charge is 0.512 e. The predicted molar refractivity (Wildman–Crippen MR) is 57.8 cm³/mol. The van der Waals surface area contributed by atoms with Gasteiger partial charge < -0.3 is 14.6 Å². The summed E-state index contributed by atoms with van der Waals surface area (Å²) >= 11 is 0. The fourth-order valence-electron chi connectivity index (χ4n) is 1.11. The lowest BCUT2D eigenvalue weighted by atomic mass is 10.1. The minimum atomic E-state index is -0.591. The molecule has 0 rings (SSSR count). The van der Waals surface area contributed by atoms with Gasteiger partial charge in [0.1, 0.15) is 0 Å². The minimum Gasteiger partial charge on any atom is -0.512 e. The van der Waals surface area contributed by atoms with Gasteiger partial charge in [0.2, 0.25) is 0 Å². The fraction of sp³-hybridized carbons (Fsp3) is 0.636. The second-order valence-electron chi connectivity index (χ2n) is 3.09. The van der Waals surface area contributed by atoms with Crippen molar-refractivity contribution in [2.75, 3.05) is 13.2 Å². The third kappa shape index (κ3) is 5.38. The molecule has 0 aromatic carbocycles. The molecule has 0 aliphatic rings. The Bertz CT molecular complexity index is 276. The number of esters is 2. The van der Waals surface area contributed by atoms with E-state index in [1.807, 2.05) is 0 Å². The molecule has 92 valence electrons. The van der Waals surface area contributed by atoms with Crippen molar-refractivity contribution >= 4 is 11.9 Å². The molecule has 5 heteroatoms. The van der Waals surface area contributed by atoms with Crippen LogP contribution in [0, 0.1) is 0 Å². The molecule has 0 aromatic heterocycles. The highest BCUT2D eigenvalue weighted by molar-refractivity contribution is 5.89. The topological polar surface area (TPSA) is 72.8 Å². The van der Waals surface area contributed by atoms with E-state index in [1.165, 1.54) is 6.92 Å². The Balaban J connectivity index is 4.33. The molecule has 0 spiro atoms. The molecule has 0 heterocycles. The average molecular weight is 230 g/mol. The molecular weight excluding hydrogens is 212 g/mol. The molecule has 0 aliphatic carbocycles. The molecule has 0 unspecified atom stereocenters. The van der Waals surface area contributed by atoms with Crippen molar-refractivity contribution in [3.8, 4) is 0 Å². The summed E-state index contributed by atoms with van der Waals surface area (Å²) in [5.74, 6) is -1.11. The number of ether oxygens (including phenoxy) is 2. The molecule has 0 aromatic rings. The van der Waals surface area contributed by atoms with Crippen LogP contribution in [0.3, 0.4) is 0 Å². The molecule has 5 nitrogen and oxygen atoms in total. The number of carbonyl (C=O) groups is 2. The number of rotatable bonds is 6. The van der Waals surface area contributed by atoms with E-state index < -0.39 is 11.9 Å². The van der Waals surface area contributed by atoms with Crippen LogP contribution in [0.1, 0.15) is 33.6 Å². The first-order chi connectivity index (χ1) is 7.52. The van der Waals surface area contributed by atoms with Crippen LogP contribution in [0.25, 0.3) is 0 Å². The summed E-state index contributed by atoms with van der Waals surface area (Å²) in [6.07, 6.45) is 0.180. The monoisotopic (exact) mass is 230 g/mol. The van der Waals surface area contributed by atoms with Crippen molar-refractivity contribution in [3.63, 3.8) is 0 Å². The summed E-state index contributed by atoms with van der Waals surface area (Å²) in [4.78, 5) is 22.4. The molecule has 0 amide bonds. The van der Waals surface area contributed by atoms with Gasteiger partial charge in [-0.2, -0.15) is 0 Å². The van der Waals surface area contributed by atoms with Gasteiger partial charge in [-0.3, -0.25) is 4.79 Å². The van der Waals surface area contributed by atoms with Gasteiger partial charge in [0, 0.05) is 6.42 Å². The predicted octanol–water partition coefficient (Wildman–Crippen LogP) is 1.72. The van der Waals surface area contributed by atoms with Crippen LogP contribution in [-0.2, 0) is 19.1 Å². The highest BCUT2D eigenvalue weighted by atomic mass is 16.5. The van der Waals surface area contributed by atoms with Crippen LogP contribution < -0.4 is 0 Å². The van der Waals surface area contributed by atoms with Gasteiger partial charge in [-0.1, -0.05) is 0 Å². The lowest BCUT2D eigenvalue weighted by Gasteiger charge is -2.07. The van der Waals surface area contributed by atoms with E-state index in [1.54, 1.807) is 13.8 Å². The number of carbonyl (C=O) groups excluding carboxylic acids is 2. The van der Waals surface area contributed by atoms with Gasteiger partial charge >= 0.3 is 11.9 Å². The summed E-state index contributed by atoms with van der Waals surface area (Å²) in [6, 6.07) is 0. The molecule has 0 bridgehead atoms. The van der Waals surface area contributed by atoms with Crippen LogP contribution >= 0.6 is 0 Å². The van der Waals surface area contributed by atoms with Gasteiger partial charge in [-0.05, 0) is 27.2 Å². The molecule has 16 heavy (non-hydrogen) atoms. The Morgan fingerprint density at radius 1 is 1.06 bits per heavy atom. The Hall–Kier alpha value is -1.52. The standard InChI is InChI=1S/C11H18O5/c1-4-15-10(13)7-6-9(8(3)12)11(14)16-5-2/h12H,4-7H2,1-3H3/b9-8-. The Labute approximate surface area is 95.0 Å². The number of aliphatic hydroxyl groups is 1. The zero-order valence-electron chi connectivity index (χ0n) is 9.91. The molecule has 0 saturated carbocycles. The lowest BCUT2D eigenvalue weighted by Crippen LogP contribution is -2.12. The van der Waals surface area contributed by atoms with Crippen LogP contribution in [0.15, 0.2) is 11.3 Å². The van der Waals surface area contributed by atoms with Crippen molar-refractivity contribution in [3.05, 3.63) is 11.3 Å². The van der Waals surface area contributed by atoms with E-state index in [0.29, 0.717) is 6.61 Å². The molecule has 0 fully saturated rings. The van der Waals surface area contributed by atoms with E-state index >= 15 is 0 Å². The van der Waals surface area contributed by atoms with Gasteiger partial charge in [-0.25, -0.2) is 4.79 Å². The molecule has 0 atom stereocenters. The van der Waals surface area contributed by atoms with Crippen LogP contribution in [0.5, 0.6) is 0 Å². The number of hydrogen-bond acceptors (Lipinski definition) is 5. The number of hydrogen-bond donors (Lipinski definition) is 1. The van der Waals surface area contributed by atoms with Crippen molar-refractivity contribution < 1.29 is 24.2 Å². The maximum atomic E-state index is 11.4. The SMILES string of the molecule is CCOC(=O)CC/C(C(=O)OCC)=C(\C)O. The molecule has 0 aliphatic heterocycles. The summed E-state index contributed by atoms with van der Waals surface area (Å²) in [5.41, 5.74) is 0.120. The fourth-order valence-corrected chi connectivity index (χ4v) is 1.11. The quantitative estimate of drug-likeness (QED) is 0.427. The molecule has 1 N–H and O–H groups in total. The van der Waals surface area contributed by atoms with E-state index in [4.69, 9.17) is 9.47 Å². The van der Waals surface area contributed by atoms with E-state index in [-0.39, 0.29) is 30.8 Å². The second kappa shape index (κ2) is 7.73. The van der Waals surface area contributed by atoms with Gasteiger partial charge in [0.05, 0.1) is 24.5 Å². The molecular formula is C11H18O5. The second-order valence-corrected chi connectivity index (χ2v) is 3.09. The zero-order chi connectivity index (χ0) is 12.6. The van der Waals surface area contributed by atoms with Crippen LogP contribution in [-0.4, -0.2) is 30.3 Å². The van der Waals surface area contributed by atoms with E-state index in [9.17, 15) is 14.7 Å². The number of aliphatic hydroxyl groups excluding tert-OH is 1. The summed E-state index contributed by atoms with van der Waals surface area (Å²) in [7, 11) is 0. The van der Waals surface area contributed by atoms with Crippen molar-refractivity contribution in [1.82, 2.24) is 0 Å². The third-order valence-electron chi connectivity index (χ3n) is 1.84. The van der Waals surface area contributed by atoms with Crippen LogP contribution in [0.2, 0.25) is 0 Å². The smallest absolute Gasteiger partial charge is 0.337 e. The van der Waals surface area contributed by atoms with Crippen molar-refractivity contribution in [1.29, 1.82) is 0 Å². The molecule has 0 radical (unpaired) electrons. The Morgan fingerprint density at radius 2 is 1.62 bits per heavy atom. The van der Waals surface area contributed by atoms with E-state index in [0.717, 1.165) is 0 Å². The van der Waals surface area contributed by atoms with Crippen molar-refractivity contribution in [2.45, 2.75) is 33.6 Å². The highest BCUT2D eigenvalue weighted by Crippen LogP contribution is 2.12. The van der Waals surface area contributed by atoms with E-state index in [2.05, 4.69) is 0 Å². The van der Waals surface area contributed by atoms with Gasteiger partial charge in [0.15, 0.2) is 0 Å². The molecule has 0 saturated heterocycles. The summed E-state index contributed by atoms with van der Waals surface area (Å²) in [5, 5.41) is 9.28. The average Bonchev–Trinajstić information content (AvgIpc) is 2.18. The zero-order valence-corrected chi connectivity index (χ0v) is 9.91. The Morgan fingerprint density at radius 3 is 2.06 bits per heavy atom. The van der Waals surface area contributed by atoms with Gasteiger partial charge in [-0.15, -0.1) is 0 Å². The first kappa shape index (κ1) is 14.5. The summed E-state index contributed by atoms with van der Waals surface area (Å²) < 4.78 is 9.47. The minimum absolute atomic E-state index is 0.0554. The normalized spacial score (nSPS) is 11.7. The van der Waals surface area contributed by atoms with Crippen LogP contribution in [0.4, 0.5) is 0 Å². The summed E-state index contributed by atoms with van der Waals surface area (Å²) in [6.45, 7) is 5.30. The maximum Gasteiger partial charge on any atom is 0.337 e. The first-order valence-electron chi connectivity index (χ1n) is 5.24. The van der Waals surface area contributed by atoms with Crippen molar-refractivity contribution in [2.24, 2.45) is 0 Å². The Kier molecular flexibility index (Phi) is 7.00. The lowest BCUT2D eigenvalue weighted by molar-refractivity contribution is -0.143. The highest BCUT2D eigenvalue weighted by Gasteiger charge is 2.16. The first-order valence-corrected chi connectivity index (χ1v) is 5.24. The third-order valence-corrected chi connectivity index (χ3v) is 1.84.